The topological polar surface area (TPSA) is 55.1 Å². The Morgan fingerprint density at radius 2 is 1.77 bits per heavy atom. The summed E-state index contributed by atoms with van der Waals surface area (Å²) in [6, 6.07) is 13.8. The van der Waals surface area contributed by atoms with E-state index in [4.69, 9.17) is 5.73 Å². The Labute approximate surface area is 130 Å². The fourth-order valence-corrected chi connectivity index (χ4v) is 2.30. The van der Waals surface area contributed by atoms with Gasteiger partial charge in [-0.15, -0.1) is 0 Å². The van der Waals surface area contributed by atoms with Crippen LogP contribution in [-0.4, -0.2) is 12.5 Å². The molecule has 0 radical (unpaired) electrons. The minimum Gasteiger partial charge on any atom is -0.351 e. The second kappa shape index (κ2) is 6.71. The fourth-order valence-electron chi connectivity index (χ4n) is 2.30. The predicted octanol–water partition coefficient (Wildman–Crippen LogP) is 2.99. The van der Waals surface area contributed by atoms with Crippen molar-refractivity contribution in [3.8, 4) is 0 Å². The maximum atomic E-state index is 13.9. The molecule has 2 aromatic carbocycles. The number of hydrogen-bond acceptors (Lipinski definition) is 2. The first-order valence-corrected chi connectivity index (χ1v) is 7.26. The molecule has 0 heterocycles. The van der Waals surface area contributed by atoms with Gasteiger partial charge in [0.15, 0.2) is 0 Å². The van der Waals surface area contributed by atoms with Gasteiger partial charge in [0.05, 0.1) is 0 Å². The minimum absolute atomic E-state index is 0.173. The normalized spacial score (nSPS) is 11.3. The van der Waals surface area contributed by atoms with Crippen molar-refractivity contribution in [2.24, 2.45) is 5.73 Å². The molecule has 0 fully saturated rings. The largest absolute Gasteiger partial charge is 0.351 e. The van der Waals surface area contributed by atoms with E-state index in [1.807, 2.05) is 26.0 Å². The maximum Gasteiger partial charge on any atom is 0.251 e. The molecule has 4 heteroatoms. The highest BCUT2D eigenvalue weighted by Gasteiger charge is 2.24. The summed E-state index contributed by atoms with van der Waals surface area (Å²) in [4.78, 5) is 12.2. The van der Waals surface area contributed by atoms with Crippen LogP contribution in [0.1, 0.15) is 35.3 Å². The Hall–Kier alpha value is -2.20. The quantitative estimate of drug-likeness (QED) is 0.892. The molecule has 0 aliphatic carbocycles. The average Bonchev–Trinajstić information content (AvgIpc) is 2.53. The summed E-state index contributed by atoms with van der Waals surface area (Å²) in [5, 5.41) is 2.87. The van der Waals surface area contributed by atoms with Crippen LogP contribution in [-0.2, 0) is 12.0 Å². The number of halogens is 1. The molecule has 3 nitrogen and oxygen atoms in total. The molecule has 116 valence electrons. The molecule has 22 heavy (non-hydrogen) atoms. The van der Waals surface area contributed by atoms with E-state index in [9.17, 15) is 9.18 Å². The monoisotopic (exact) mass is 300 g/mol. The number of nitrogens with one attached hydrogen (secondary N) is 1. The third-order valence-electron chi connectivity index (χ3n) is 3.75. The Balaban J connectivity index is 2.04. The van der Waals surface area contributed by atoms with E-state index in [-0.39, 0.29) is 11.7 Å². The number of benzene rings is 2. The van der Waals surface area contributed by atoms with E-state index in [2.05, 4.69) is 5.32 Å². The van der Waals surface area contributed by atoms with Crippen molar-refractivity contribution in [2.45, 2.75) is 25.8 Å². The molecule has 0 aliphatic rings. The molecular weight excluding hydrogens is 279 g/mol. The summed E-state index contributed by atoms with van der Waals surface area (Å²) in [5.41, 5.74) is 7.18. The number of nitrogens with two attached hydrogens (primary N) is 1. The number of hydrogen-bond donors (Lipinski definition) is 2. The third-order valence-corrected chi connectivity index (χ3v) is 3.75. The van der Waals surface area contributed by atoms with Gasteiger partial charge >= 0.3 is 0 Å². The van der Waals surface area contributed by atoms with Crippen LogP contribution < -0.4 is 11.1 Å². The highest BCUT2D eigenvalue weighted by atomic mass is 19.1. The van der Waals surface area contributed by atoms with E-state index >= 15 is 0 Å². The standard InChI is InChI=1S/C18H21FN2O/c1-18(2,15-5-3-4-6-16(15)19)12-21-17(22)14-9-7-13(11-20)8-10-14/h3-10H,11-12,20H2,1-2H3,(H,21,22). The van der Waals surface area contributed by atoms with Gasteiger partial charge in [-0.2, -0.15) is 0 Å². The first kappa shape index (κ1) is 16.2. The van der Waals surface area contributed by atoms with Crippen LogP contribution >= 0.6 is 0 Å². The molecule has 0 atom stereocenters. The van der Waals surface area contributed by atoms with Gasteiger partial charge in [-0.25, -0.2) is 4.39 Å². The molecule has 0 unspecified atom stereocenters. The lowest BCUT2D eigenvalue weighted by molar-refractivity contribution is 0.0945. The van der Waals surface area contributed by atoms with Gasteiger partial charge in [0.2, 0.25) is 0 Å². The predicted molar refractivity (Wildman–Crippen MR) is 86.1 cm³/mol. The number of rotatable bonds is 5. The lowest BCUT2D eigenvalue weighted by atomic mass is 9.84. The van der Waals surface area contributed by atoms with Gasteiger partial charge in [0.25, 0.3) is 5.91 Å². The van der Waals surface area contributed by atoms with E-state index in [0.29, 0.717) is 24.2 Å². The van der Waals surface area contributed by atoms with Gasteiger partial charge in [-0.3, -0.25) is 4.79 Å². The summed E-state index contributed by atoms with van der Waals surface area (Å²) >= 11 is 0. The first-order valence-electron chi connectivity index (χ1n) is 7.26. The van der Waals surface area contributed by atoms with Crippen molar-refractivity contribution >= 4 is 5.91 Å². The average molecular weight is 300 g/mol. The zero-order chi connectivity index (χ0) is 16.2. The third kappa shape index (κ3) is 3.71. The van der Waals surface area contributed by atoms with Gasteiger partial charge in [-0.05, 0) is 29.3 Å². The fraction of sp³-hybridized carbons (Fsp3) is 0.278. The van der Waals surface area contributed by atoms with Crippen LogP contribution in [0, 0.1) is 5.82 Å². The van der Waals surface area contributed by atoms with Gasteiger partial charge in [0, 0.05) is 24.1 Å². The molecule has 0 aromatic heterocycles. The van der Waals surface area contributed by atoms with E-state index < -0.39 is 5.41 Å². The molecular formula is C18H21FN2O. The minimum atomic E-state index is -0.488. The molecule has 2 rings (SSSR count). The van der Waals surface area contributed by atoms with Crippen molar-refractivity contribution in [1.82, 2.24) is 5.32 Å². The number of carbonyl (C=O) groups excluding carboxylic acids is 1. The summed E-state index contributed by atoms with van der Waals surface area (Å²) in [7, 11) is 0. The molecule has 0 saturated carbocycles. The Kier molecular flexibility index (Phi) is 4.93. The SMILES string of the molecule is CC(C)(CNC(=O)c1ccc(CN)cc1)c1ccccc1F. The summed E-state index contributed by atoms with van der Waals surface area (Å²) < 4.78 is 13.9. The second-order valence-electron chi connectivity index (χ2n) is 5.95. The molecule has 3 N–H and O–H groups in total. The van der Waals surface area contributed by atoms with Crippen molar-refractivity contribution in [2.75, 3.05) is 6.54 Å². The Morgan fingerprint density at radius 1 is 1.14 bits per heavy atom. The van der Waals surface area contributed by atoms with Gasteiger partial charge in [-0.1, -0.05) is 44.2 Å². The van der Waals surface area contributed by atoms with E-state index in [0.717, 1.165) is 5.56 Å². The van der Waals surface area contributed by atoms with Crippen LogP contribution in [0.25, 0.3) is 0 Å². The van der Waals surface area contributed by atoms with Crippen LogP contribution in [0.5, 0.6) is 0 Å². The molecule has 0 saturated heterocycles. The molecule has 0 bridgehead atoms. The van der Waals surface area contributed by atoms with Gasteiger partial charge < -0.3 is 11.1 Å². The summed E-state index contributed by atoms with van der Waals surface area (Å²) in [6.07, 6.45) is 0. The number of amides is 1. The second-order valence-corrected chi connectivity index (χ2v) is 5.95. The molecule has 0 spiro atoms. The van der Waals surface area contributed by atoms with Crippen LogP contribution in [0.15, 0.2) is 48.5 Å². The van der Waals surface area contributed by atoms with Crippen LogP contribution in [0.4, 0.5) is 4.39 Å². The van der Waals surface area contributed by atoms with Crippen molar-refractivity contribution in [3.05, 3.63) is 71.0 Å². The smallest absolute Gasteiger partial charge is 0.251 e. The van der Waals surface area contributed by atoms with Crippen LogP contribution in [0.3, 0.4) is 0 Å². The molecule has 0 aliphatic heterocycles. The highest BCUT2D eigenvalue weighted by molar-refractivity contribution is 5.94. The highest BCUT2D eigenvalue weighted by Crippen LogP contribution is 2.24. The maximum absolute atomic E-state index is 13.9. The van der Waals surface area contributed by atoms with Crippen molar-refractivity contribution < 1.29 is 9.18 Å². The lowest BCUT2D eigenvalue weighted by Crippen LogP contribution is -2.37. The van der Waals surface area contributed by atoms with Gasteiger partial charge in [0.1, 0.15) is 5.82 Å². The zero-order valence-electron chi connectivity index (χ0n) is 12.9. The number of carbonyl (C=O) groups is 1. The molecule has 1 amide bonds. The molecule has 2 aromatic rings. The van der Waals surface area contributed by atoms with Crippen molar-refractivity contribution in [1.29, 1.82) is 0 Å². The Bertz CT molecular complexity index is 650. The first-order chi connectivity index (χ1) is 10.4. The Morgan fingerprint density at radius 3 is 2.36 bits per heavy atom. The zero-order valence-corrected chi connectivity index (χ0v) is 12.9. The lowest BCUT2D eigenvalue weighted by Gasteiger charge is -2.26. The summed E-state index contributed by atoms with van der Waals surface area (Å²) in [5.74, 6) is -0.429. The van der Waals surface area contributed by atoms with E-state index in [1.54, 1.807) is 30.3 Å². The van der Waals surface area contributed by atoms with Crippen LogP contribution in [0.2, 0.25) is 0 Å². The summed E-state index contributed by atoms with van der Waals surface area (Å²) in [6.45, 7) is 4.61. The van der Waals surface area contributed by atoms with E-state index in [1.165, 1.54) is 6.07 Å². The van der Waals surface area contributed by atoms with Crippen molar-refractivity contribution in [3.63, 3.8) is 0 Å².